The largest absolute Gasteiger partial charge is 0.493 e. The molecule has 0 saturated heterocycles. The summed E-state index contributed by atoms with van der Waals surface area (Å²) in [7, 11) is 6.13. The number of para-hydroxylation sites is 2. The fourth-order valence-electron chi connectivity index (χ4n) is 2.37. The Labute approximate surface area is 162 Å². The summed E-state index contributed by atoms with van der Waals surface area (Å²) in [4.78, 5) is 11.8. The van der Waals surface area contributed by atoms with Crippen molar-refractivity contribution in [3.63, 3.8) is 0 Å². The zero-order valence-electron chi connectivity index (χ0n) is 16.1. The lowest BCUT2D eigenvalue weighted by Crippen LogP contribution is -2.28. The van der Waals surface area contributed by atoms with Crippen LogP contribution in [-0.2, 0) is 0 Å². The fraction of sp³-hybridized carbons (Fsp3) is 0.211. The zero-order valence-corrected chi connectivity index (χ0v) is 16.1. The van der Waals surface area contributed by atoms with E-state index in [4.69, 9.17) is 18.9 Å². The third-order valence-electron chi connectivity index (χ3n) is 3.61. The lowest BCUT2D eigenvalue weighted by atomic mass is 10.2. The Bertz CT molecular complexity index is 798. The van der Waals surface area contributed by atoms with Gasteiger partial charge in [-0.25, -0.2) is 15.6 Å². The van der Waals surface area contributed by atoms with Gasteiger partial charge in [-0.3, -0.25) is 0 Å². The van der Waals surface area contributed by atoms with E-state index in [0.717, 1.165) is 0 Å². The molecule has 9 heteroatoms. The lowest BCUT2D eigenvalue weighted by Gasteiger charge is -2.09. The number of ether oxygens (including phenoxy) is 4. The maximum atomic E-state index is 11.8. The first-order valence-electron chi connectivity index (χ1n) is 8.18. The first-order chi connectivity index (χ1) is 13.6. The molecule has 0 spiro atoms. The minimum absolute atomic E-state index is 0.513. The number of nitrogens with zero attached hydrogens (tertiary/aromatic N) is 2. The summed E-state index contributed by atoms with van der Waals surface area (Å²) in [5.74, 6) is 2.15. The second-order valence-corrected chi connectivity index (χ2v) is 5.23. The van der Waals surface area contributed by atoms with Crippen LogP contribution in [0.4, 0.5) is 4.79 Å². The van der Waals surface area contributed by atoms with Crippen LogP contribution in [-0.4, -0.2) is 46.9 Å². The van der Waals surface area contributed by atoms with E-state index in [-0.39, 0.29) is 0 Å². The number of hydrazone groups is 2. The van der Waals surface area contributed by atoms with Crippen molar-refractivity contribution in [1.29, 1.82) is 0 Å². The van der Waals surface area contributed by atoms with E-state index in [1.807, 2.05) is 0 Å². The summed E-state index contributed by atoms with van der Waals surface area (Å²) in [6.07, 6.45) is 2.88. The van der Waals surface area contributed by atoms with Crippen molar-refractivity contribution in [2.24, 2.45) is 10.2 Å². The Kier molecular flexibility index (Phi) is 7.64. The molecular formula is C19H22N4O5. The van der Waals surface area contributed by atoms with Gasteiger partial charge in [0.2, 0.25) is 0 Å². The Morgan fingerprint density at radius 1 is 0.750 bits per heavy atom. The molecule has 2 aromatic rings. The van der Waals surface area contributed by atoms with Crippen LogP contribution < -0.4 is 29.8 Å². The quantitative estimate of drug-likeness (QED) is 0.536. The molecular weight excluding hydrogens is 364 g/mol. The summed E-state index contributed by atoms with van der Waals surface area (Å²) in [5, 5.41) is 7.74. The molecule has 2 aromatic carbocycles. The molecule has 0 aliphatic heterocycles. The molecule has 0 radical (unpaired) electrons. The SMILES string of the molecule is COc1cccc(C=NNC(=O)NN=Cc2cccc(OC)c2OC)c1OC. The highest BCUT2D eigenvalue weighted by atomic mass is 16.5. The number of carbonyl (C=O) groups excluding carboxylic acids is 1. The molecule has 2 N–H and O–H groups in total. The molecule has 148 valence electrons. The van der Waals surface area contributed by atoms with Gasteiger partial charge in [0.1, 0.15) is 0 Å². The van der Waals surface area contributed by atoms with Crippen LogP contribution in [0.1, 0.15) is 11.1 Å². The van der Waals surface area contributed by atoms with Crippen LogP contribution in [0.3, 0.4) is 0 Å². The molecule has 2 rings (SSSR count). The van der Waals surface area contributed by atoms with Gasteiger partial charge >= 0.3 is 6.03 Å². The molecule has 0 aliphatic carbocycles. The Morgan fingerprint density at radius 3 is 1.54 bits per heavy atom. The summed E-state index contributed by atoms with van der Waals surface area (Å²) in [6.45, 7) is 0. The maximum absolute atomic E-state index is 11.8. The Hall–Kier alpha value is -3.75. The van der Waals surface area contributed by atoms with Gasteiger partial charge in [0.25, 0.3) is 0 Å². The average molecular weight is 386 g/mol. The first kappa shape index (κ1) is 20.6. The summed E-state index contributed by atoms with van der Waals surface area (Å²) < 4.78 is 21.0. The summed E-state index contributed by atoms with van der Waals surface area (Å²) in [6, 6.07) is 10.0. The van der Waals surface area contributed by atoms with Gasteiger partial charge in [0, 0.05) is 11.1 Å². The maximum Gasteiger partial charge on any atom is 0.355 e. The summed E-state index contributed by atoms with van der Waals surface area (Å²) in [5.41, 5.74) is 5.91. The van der Waals surface area contributed by atoms with Gasteiger partial charge in [-0.2, -0.15) is 10.2 Å². The third kappa shape index (κ3) is 5.13. The average Bonchev–Trinajstić information content (AvgIpc) is 2.73. The number of rotatable bonds is 8. The van der Waals surface area contributed by atoms with Crippen LogP contribution in [0.5, 0.6) is 23.0 Å². The van der Waals surface area contributed by atoms with Crippen molar-refractivity contribution in [1.82, 2.24) is 10.9 Å². The molecule has 0 bridgehead atoms. The van der Waals surface area contributed by atoms with Crippen LogP contribution in [0.25, 0.3) is 0 Å². The van der Waals surface area contributed by atoms with E-state index in [2.05, 4.69) is 21.1 Å². The Balaban J connectivity index is 1.97. The van der Waals surface area contributed by atoms with Gasteiger partial charge in [0.05, 0.1) is 40.9 Å². The van der Waals surface area contributed by atoms with Crippen LogP contribution in [0.2, 0.25) is 0 Å². The van der Waals surface area contributed by atoms with E-state index in [1.54, 1.807) is 50.6 Å². The van der Waals surface area contributed by atoms with Crippen LogP contribution in [0.15, 0.2) is 46.6 Å². The number of urea groups is 1. The summed E-state index contributed by atoms with van der Waals surface area (Å²) >= 11 is 0. The van der Waals surface area contributed by atoms with Crippen LogP contribution in [0, 0.1) is 0 Å². The van der Waals surface area contributed by atoms with Crippen molar-refractivity contribution >= 4 is 18.5 Å². The second kappa shape index (κ2) is 10.4. The second-order valence-electron chi connectivity index (χ2n) is 5.23. The molecule has 0 unspecified atom stereocenters. The van der Waals surface area contributed by atoms with E-state index < -0.39 is 6.03 Å². The van der Waals surface area contributed by atoms with Crippen molar-refractivity contribution in [2.75, 3.05) is 28.4 Å². The van der Waals surface area contributed by atoms with E-state index in [0.29, 0.717) is 34.1 Å². The molecule has 0 atom stereocenters. The fourth-order valence-corrected chi connectivity index (χ4v) is 2.37. The van der Waals surface area contributed by atoms with Gasteiger partial charge in [-0.1, -0.05) is 12.1 Å². The topological polar surface area (TPSA) is 103 Å². The molecule has 0 fully saturated rings. The molecule has 28 heavy (non-hydrogen) atoms. The highest BCUT2D eigenvalue weighted by Gasteiger charge is 2.08. The number of hydrogen-bond donors (Lipinski definition) is 2. The zero-order chi connectivity index (χ0) is 20.4. The van der Waals surface area contributed by atoms with E-state index in [1.165, 1.54) is 26.6 Å². The smallest absolute Gasteiger partial charge is 0.355 e. The van der Waals surface area contributed by atoms with Crippen molar-refractivity contribution in [2.45, 2.75) is 0 Å². The molecule has 9 nitrogen and oxygen atoms in total. The minimum atomic E-state index is -0.615. The van der Waals surface area contributed by atoms with Gasteiger partial charge in [-0.05, 0) is 24.3 Å². The number of nitrogens with one attached hydrogen (secondary N) is 2. The van der Waals surface area contributed by atoms with Gasteiger partial charge in [0.15, 0.2) is 23.0 Å². The highest BCUT2D eigenvalue weighted by molar-refractivity contribution is 5.87. The van der Waals surface area contributed by atoms with E-state index in [9.17, 15) is 4.79 Å². The van der Waals surface area contributed by atoms with Crippen molar-refractivity contribution in [3.8, 4) is 23.0 Å². The van der Waals surface area contributed by atoms with Gasteiger partial charge in [-0.15, -0.1) is 0 Å². The molecule has 2 amide bonds. The number of hydrogen-bond acceptors (Lipinski definition) is 7. The molecule has 0 aromatic heterocycles. The van der Waals surface area contributed by atoms with Crippen LogP contribution >= 0.6 is 0 Å². The van der Waals surface area contributed by atoms with Crippen molar-refractivity contribution < 1.29 is 23.7 Å². The highest BCUT2D eigenvalue weighted by Crippen LogP contribution is 2.30. The predicted molar refractivity (Wildman–Crippen MR) is 106 cm³/mol. The normalized spacial score (nSPS) is 10.7. The standard InChI is InChI=1S/C19H22N4O5/c1-25-15-9-5-7-13(17(15)27-3)11-20-22-19(24)23-21-12-14-8-6-10-16(26-2)18(14)28-4/h5-12H,1-4H3,(H2,22,23,24). The molecule has 0 aliphatic rings. The van der Waals surface area contributed by atoms with E-state index >= 15 is 0 Å². The number of benzene rings is 2. The van der Waals surface area contributed by atoms with Crippen molar-refractivity contribution in [3.05, 3.63) is 47.5 Å². The minimum Gasteiger partial charge on any atom is -0.493 e. The predicted octanol–water partition coefficient (Wildman–Crippen LogP) is 2.39. The third-order valence-corrected chi connectivity index (χ3v) is 3.61. The Morgan fingerprint density at radius 2 is 1.18 bits per heavy atom. The monoisotopic (exact) mass is 386 g/mol. The molecule has 0 heterocycles. The number of carbonyl (C=O) groups is 1. The first-order valence-corrected chi connectivity index (χ1v) is 8.18. The van der Waals surface area contributed by atoms with Gasteiger partial charge < -0.3 is 18.9 Å². The molecule has 0 saturated carbocycles. The number of amides is 2. The lowest BCUT2D eigenvalue weighted by molar-refractivity contribution is 0.242. The number of methoxy groups -OCH3 is 4.